The summed E-state index contributed by atoms with van der Waals surface area (Å²) in [6.07, 6.45) is 4.63. The van der Waals surface area contributed by atoms with Crippen LogP contribution in [0.15, 0.2) is 66.0 Å². The van der Waals surface area contributed by atoms with Crippen LogP contribution in [0.25, 0.3) is 0 Å². The standard InChI is InChI=1S/C22H19ClIN3O3/c1-2-29-20-11-15(12-26-27-22(28)16-7-5-9-25-13-16)10-19(24)21(20)30-14-17-6-3-4-8-18(17)23/h3-13H,2,14H2,1H3,(H,27,28)/b26-12-. The van der Waals surface area contributed by atoms with Gasteiger partial charge in [-0.15, -0.1) is 0 Å². The van der Waals surface area contributed by atoms with Crippen molar-refractivity contribution in [2.24, 2.45) is 5.10 Å². The second kappa shape index (κ2) is 10.9. The number of benzene rings is 2. The lowest BCUT2D eigenvalue weighted by Gasteiger charge is -2.15. The van der Waals surface area contributed by atoms with Gasteiger partial charge in [0, 0.05) is 23.0 Å². The summed E-state index contributed by atoms with van der Waals surface area (Å²) >= 11 is 8.40. The monoisotopic (exact) mass is 535 g/mol. The molecule has 30 heavy (non-hydrogen) atoms. The molecule has 1 N–H and O–H groups in total. The van der Waals surface area contributed by atoms with E-state index in [1.165, 1.54) is 6.20 Å². The molecule has 0 bridgehead atoms. The Morgan fingerprint density at radius 3 is 2.80 bits per heavy atom. The highest BCUT2D eigenvalue weighted by atomic mass is 127. The first kappa shape index (κ1) is 22.0. The van der Waals surface area contributed by atoms with Gasteiger partial charge in [0.25, 0.3) is 5.91 Å². The number of pyridine rings is 1. The predicted molar refractivity (Wildman–Crippen MR) is 125 cm³/mol. The van der Waals surface area contributed by atoms with Crippen LogP contribution < -0.4 is 14.9 Å². The average Bonchev–Trinajstić information content (AvgIpc) is 2.75. The van der Waals surface area contributed by atoms with Crippen molar-refractivity contribution in [3.8, 4) is 11.5 Å². The van der Waals surface area contributed by atoms with E-state index in [1.54, 1.807) is 24.5 Å². The fraction of sp³-hybridized carbons (Fsp3) is 0.136. The number of hydrogen-bond donors (Lipinski definition) is 1. The van der Waals surface area contributed by atoms with Crippen LogP contribution in [0.3, 0.4) is 0 Å². The molecule has 3 rings (SSSR count). The highest BCUT2D eigenvalue weighted by Crippen LogP contribution is 2.35. The number of ether oxygens (including phenoxy) is 2. The van der Waals surface area contributed by atoms with E-state index in [4.69, 9.17) is 21.1 Å². The summed E-state index contributed by atoms with van der Waals surface area (Å²) < 4.78 is 12.6. The van der Waals surface area contributed by atoms with Crippen molar-refractivity contribution in [3.05, 3.63) is 86.2 Å². The van der Waals surface area contributed by atoms with E-state index in [0.29, 0.717) is 35.3 Å². The van der Waals surface area contributed by atoms with Gasteiger partial charge in [0.1, 0.15) is 6.61 Å². The molecule has 0 aliphatic carbocycles. The van der Waals surface area contributed by atoms with Gasteiger partial charge in [-0.3, -0.25) is 9.78 Å². The van der Waals surface area contributed by atoms with Crippen LogP contribution in [0, 0.1) is 3.57 Å². The Morgan fingerprint density at radius 2 is 2.07 bits per heavy atom. The molecule has 0 aliphatic rings. The minimum atomic E-state index is -0.334. The normalized spacial score (nSPS) is 10.8. The second-order valence-electron chi connectivity index (χ2n) is 6.08. The lowest BCUT2D eigenvalue weighted by atomic mass is 10.2. The van der Waals surface area contributed by atoms with E-state index in [0.717, 1.165) is 14.7 Å². The van der Waals surface area contributed by atoms with Crippen LogP contribution in [0.4, 0.5) is 0 Å². The van der Waals surface area contributed by atoms with Gasteiger partial charge in [-0.05, 0) is 65.4 Å². The molecule has 2 aromatic carbocycles. The number of carbonyl (C=O) groups is 1. The van der Waals surface area contributed by atoms with E-state index in [9.17, 15) is 4.79 Å². The third kappa shape index (κ3) is 5.93. The lowest BCUT2D eigenvalue weighted by Crippen LogP contribution is -2.17. The van der Waals surface area contributed by atoms with E-state index < -0.39 is 0 Å². The van der Waals surface area contributed by atoms with Crippen LogP contribution in [0.2, 0.25) is 5.02 Å². The van der Waals surface area contributed by atoms with Crippen LogP contribution in [0.1, 0.15) is 28.4 Å². The van der Waals surface area contributed by atoms with E-state index in [2.05, 4.69) is 38.1 Å². The zero-order chi connectivity index (χ0) is 21.3. The smallest absolute Gasteiger partial charge is 0.272 e. The largest absolute Gasteiger partial charge is 0.490 e. The molecule has 0 saturated carbocycles. The molecule has 154 valence electrons. The topological polar surface area (TPSA) is 72.8 Å². The minimum Gasteiger partial charge on any atom is -0.490 e. The highest BCUT2D eigenvalue weighted by molar-refractivity contribution is 14.1. The average molecular weight is 536 g/mol. The van der Waals surface area contributed by atoms with Gasteiger partial charge in [0.2, 0.25) is 0 Å². The van der Waals surface area contributed by atoms with Gasteiger partial charge in [0.15, 0.2) is 11.5 Å². The lowest BCUT2D eigenvalue weighted by molar-refractivity contribution is 0.0955. The molecule has 6 nitrogen and oxygen atoms in total. The molecule has 0 aliphatic heterocycles. The Kier molecular flexibility index (Phi) is 8.04. The summed E-state index contributed by atoms with van der Waals surface area (Å²) in [5.41, 5.74) is 4.57. The number of nitrogens with zero attached hydrogens (tertiary/aromatic N) is 2. The van der Waals surface area contributed by atoms with Crippen molar-refractivity contribution >= 4 is 46.3 Å². The second-order valence-corrected chi connectivity index (χ2v) is 7.65. The van der Waals surface area contributed by atoms with Crippen LogP contribution in [-0.4, -0.2) is 23.7 Å². The van der Waals surface area contributed by atoms with Gasteiger partial charge in [0.05, 0.1) is 22.0 Å². The Labute approximate surface area is 193 Å². The Balaban J connectivity index is 1.73. The maximum atomic E-state index is 12.1. The van der Waals surface area contributed by atoms with Gasteiger partial charge in [-0.1, -0.05) is 29.8 Å². The summed E-state index contributed by atoms with van der Waals surface area (Å²) in [7, 11) is 0. The van der Waals surface area contributed by atoms with Crippen molar-refractivity contribution in [2.45, 2.75) is 13.5 Å². The predicted octanol–water partition coefficient (Wildman–Crippen LogP) is 5.08. The molecule has 1 aromatic heterocycles. The molecule has 1 amide bonds. The maximum absolute atomic E-state index is 12.1. The number of carbonyl (C=O) groups excluding carboxylic acids is 1. The maximum Gasteiger partial charge on any atom is 0.272 e. The zero-order valence-electron chi connectivity index (χ0n) is 16.1. The van der Waals surface area contributed by atoms with E-state index >= 15 is 0 Å². The number of amides is 1. The summed E-state index contributed by atoms with van der Waals surface area (Å²) in [4.78, 5) is 16.0. The van der Waals surface area contributed by atoms with Crippen molar-refractivity contribution < 1.29 is 14.3 Å². The van der Waals surface area contributed by atoms with E-state index in [1.807, 2.05) is 43.3 Å². The number of hydrazone groups is 1. The van der Waals surface area contributed by atoms with Gasteiger partial charge < -0.3 is 9.47 Å². The highest BCUT2D eigenvalue weighted by Gasteiger charge is 2.13. The van der Waals surface area contributed by atoms with Crippen LogP contribution in [0.5, 0.6) is 11.5 Å². The van der Waals surface area contributed by atoms with Crippen molar-refractivity contribution in [1.82, 2.24) is 10.4 Å². The Hall–Kier alpha value is -2.65. The summed E-state index contributed by atoms with van der Waals surface area (Å²) in [6.45, 7) is 2.71. The summed E-state index contributed by atoms with van der Waals surface area (Å²) in [6, 6.07) is 14.6. The first-order valence-corrected chi connectivity index (χ1v) is 10.6. The zero-order valence-corrected chi connectivity index (χ0v) is 19.1. The van der Waals surface area contributed by atoms with Gasteiger partial charge >= 0.3 is 0 Å². The quantitative estimate of drug-likeness (QED) is 0.248. The van der Waals surface area contributed by atoms with Gasteiger partial charge in [-0.25, -0.2) is 5.43 Å². The molecular weight excluding hydrogens is 517 g/mol. The fourth-order valence-electron chi connectivity index (χ4n) is 2.56. The number of rotatable bonds is 8. The third-order valence-electron chi connectivity index (χ3n) is 3.96. The Morgan fingerprint density at radius 1 is 1.23 bits per heavy atom. The fourth-order valence-corrected chi connectivity index (χ4v) is 3.53. The molecule has 0 atom stereocenters. The van der Waals surface area contributed by atoms with Crippen LogP contribution >= 0.6 is 34.2 Å². The molecule has 0 spiro atoms. The molecule has 0 unspecified atom stereocenters. The number of halogens is 2. The SMILES string of the molecule is CCOc1cc(/C=N\NC(=O)c2cccnc2)cc(I)c1OCc1ccccc1Cl. The molecule has 0 saturated heterocycles. The minimum absolute atomic E-state index is 0.324. The third-order valence-corrected chi connectivity index (χ3v) is 5.14. The first-order chi connectivity index (χ1) is 14.6. The van der Waals surface area contributed by atoms with Crippen molar-refractivity contribution in [1.29, 1.82) is 0 Å². The molecular formula is C22H19ClIN3O3. The number of aromatic nitrogens is 1. The van der Waals surface area contributed by atoms with E-state index in [-0.39, 0.29) is 5.91 Å². The molecule has 0 radical (unpaired) electrons. The molecule has 8 heteroatoms. The van der Waals surface area contributed by atoms with Crippen molar-refractivity contribution in [3.63, 3.8) is 0 Å². The van der Waals surface area contributed by atoms with Gasteiger partial charge in [-0.2, -0.15) is 5.10 Å². The Bertz CT molecular complexity index is 1050. The number of nitrogens with one attached hydrogen (secondary N) is 1. The summed E-state index contributed by atoms with van der Waals surface area (Å²) in [5, 5.41) is 4.68. The number of hydrogen-bond acceptors (Lipinski definition) is 5. The molecule has 1 heterocycles. The molecule has 3 aromatic rings. The molecule has 0 fully saturated rings. The van der Waals surface area contributed by atoms with Crippen LogP contribution in [-0.2, 0) is 6.61 Å². The summed E-state index contributed by atoms with van der Waals surface area (Å²) in [5.74, 6) is 0.893. The first-order valence-electron chi connectivity index (χ1n) is 9.14. The van der Waals surface area contributed by atoms with Crippen molar-refractivity contribution in [2.75, 3.05) is 6.61 Å².